The Morgan fingerprint density at radius 2 is 1.75 bits per heavy atom. The van der Waals surface area contributed by atoms with Crippen LogP contribution in [0.4, 0.5) is 0 Å². The van der Waals surface area contributed by atoms with Gasteiger partial charge in [-0.3, -0.25) is 0 Å². The minimum Gasteiger partial charge on any atom is -0.192 e. The Morgan fingerprint density at radius 1 is 1.25 bits per heavy atom. The van der Waals surface area contributed by atoms with Gasteiger partial charge in [0, 0.05) is 0 Å². The van der Waals surface area contributed by atoms with Crippen molar-refractivity contribution in [2.24, 2.45) is 0 Å². The van der Waals surface area contributed by atoms with E-state index in [-0.39, 0.29) is 0 Å². The van der Waals surface area contributed by atoms with E-state index in [1.165, 1.54) is 5.19 Å². The van der Waals surface area contributed by atoms with Crippen molar-refractivity contribution in [2.75, 3.05) is 0 Å². The van der Waals surface area contributed by atoms with Crippen LogP contribution in [0.25, 0.3) is 0 Å². The molecule has 12 heavy (non-hydrogen) atoms. The van der Waals surface area contributed by atoms with E-state index in [4.69, 9.17) is 16.3 Å². The molecule has 0 unspecified atom stereocenters. The van der Waals surface area contributed by atoms with E-state index in [2.05, 4.69) is 19.2 Å². The van der Waals surface area contributed by atoms with Crippen LogP contribution in [-0.4, -0.2) is 7.38 Å². The summed E-state index contributed by atoms with van der Waals surface area (Å²) < 4.78 is 0. The number of nitrogens with zero attached hydrogens (tertiary/aromatic N) is 1. The van der Waals surface area contributed by atoms with Crippen molar-refractivity contribution in [1.82, 2.24) is 0 Å². The van der Waals surface area contributed by atoms with Gasteiger partial charge in [0.1, 0.15) is 0 Å². The molecule has 0 aromatic heterocycles. The summed E-state index contributed by atoms with van der Waals surface area (Å²) in [6, 6.07) is 9.59. The molecule has 3 heteroatoms. The van der Waals surface area contributed by atoms with Crippen molar-refractivity contribution in [3.63, 3.8) is 0 Å². The van der Waals surface area contributed by atoms with Crippen LogP contribution in [0.3, 0.4) is 0 Å². The molecule has 0 N–H and O–H groups in total. The predicted molar refractivity (Wildman–Crippen MR) is 54.1 cm³/mol. The van der Waals surface area contributed by atoms with Crippen LogP contribution in [0, 0.1) is 11.3 Å². The standard InChI is InChI=1S/C9H10ClNSi/c1-12(2,10)9-5-3-8(7-11)4-6-9/h3-6H,1-2H3. The Bertz CT molecular complexity index is 305. The molecule has 0 bridgehead atoms. The van der Waals surface area contributed by atoms with Crippen LogP contribution in [0.15, 0.2) is 24.3 Å². The third-order valence-corrected chi connectivity index (χ3v) is 4.06. The molecule has 1 aromatic rings. The predicted octanol–water partition coefficient (Wildman–Crippen LogP) is 2.21. The smallest absolute Gasteiger partial charge is 0.180 e. The molecule has 1 rings (SSSR count). The lowest BCUT2D eigenvalue weighted by molar-refractivity contribution is 1.49. The molecule has 1 aromatic carbocycles. The van der Waals surface area contributed by atoms with E-state index >= 15 is 0 Å². The normalized spacial score (nSPS) is 10.8. The zero-order valence-electron chi connectivity index (χ0n) is 7.13. The van der Waals surface area contributed by atoms with Gasteiger partial charge in [0.25, 0.3) is 0 Å². The van der Waals surface area contributed by atoms with Crippen LogP contribution < -0.4 is 5.19 Å². The Balaban J connectivity index is 3.02. The van der Waals surface area contributed by atoms with E-state index in [0.29, 0.717) is 5.56 Å². The van der Waals surface area contributed by atoms with E-state index in [9.17, 15) is 0 Å². The van der Waals surface area contributed by atoms with Gasteiger partial charge in [0.05, 0.1) is 11.6 Å². The molecular weight excluding hydrogens is 186 g/mol. The Labute approximate surface area is 78.3 Å². The molecule has 0 saturated carbocycles. The van der Waals surface area contributed by atoms with Crippen molar-refractivity contribution < 1.29 is 0 Å². The Morgan fingerprint density at radius 3 is 2.08 bits per heavy atom. The van der Waals surface area contributed by atoms with Crippen molar-refractivity contribution in [3.05, 3.63) is 29.8 Å². The summed E-state index contributed by atoms with van der Waals surface area (Å²) in [4.78, 5) is 0. The third kappa shape index (κ3) is 2.10. The number of hydrogen-bond donors (Lipinski definition) is 0. The van der Waals surface area contributed by atoms with Crippen LogP contribution >= 0.6 is 11.1 Å². The molecule has 0 aliphatic heterocycles. The zero-order valence-corrected chi connectivity index (χ0v) is 8.89. The molecular formula is C9H10ClNSi. The SMILES string of the molecule is C[Si](C)(Cl)c1ccc(C#N)cc1. The van der Waals surface area contributed by atoms with Crippen molar-refractivity contribution in [1.29, 1.82) is 5.26 Å². The first kappa shape index (κ1) is 9.31. The first-order chi connectivity index (χ1) is 5.54. The van der Waals surface area contributed by atoms with Crippen LogP contribution in [0.5, 0.6) is 0 Å². The first-order valence-corrected chi connectivity index (χ1v) is 7.75. The second kappa shape index (κ2) is 3.30. The van der Waals surface area contributed by atoms with Crippen LogP contribution in [0.1, 0.15) is 5.56 Å². The van der Waals surface area contributed by atoms with Crippen molar-refractivity contribution >= 4 is 23.6 Å². The molecule has 0 spiro atoms. The maximum Gasteiger partial charge on any atom is 0.180 e. The first-order valence-electron chi connectivity index (χ1n) is 3.73. The summed E-state index contributed by atoms with van der Waals surface area (Å²) in [7, 11) is -1.71. The van der Waals surface area contributed by atoms with Crippen LogP contribution in [-0.2, 0) is 0 Å². The highest BCUT2D eigenvalue weighted by Gasteiger charge is 2.19. The number of nitriles is 1. The van der Waals surface area contributed by atoms with Crippen molar-refractivity contribution in [3.8, 4) is 6.07 Å². The fraction of sp³-hybridized carbons (Fsp3) is 0.222. The van der Waals surface area contributed by atoms with E-state index in [0.717, 1.165) is 0 Å². The second-order valence-electron chi connectivity index (χ2n) is 3.16. The molecule has 0 amide bonds. The van der Waals surface area contributed by atoms with Gasteiger partial charge in [-0.15, -0.1) is 0 Å². The average molecular weight is 196 g/mol. The lowest BCUT2D eigenvalue weighted by Gasteiger charge is -2.12. The van der Waals surface area contributed by atoms with Gasteiger partial charge in [-0.05, 0) is 17.3 Å². The molecule has 0 fully saturated rings. The Hall–Kier alpha value is -0.783. The zero-order chi connectivity index (χ0) is 9.19. The number of halogens is 1. The van der Waals surface area contributed by atoms with Crippen LogP contribution in [0.2, 0.25) is 13.1 Å². The van der Waals surface area contributed by atoms with Gasteiger partial charge in [0.2, 0.25) is 0 Å². The molecule has 0 aliphatic carbocycles. The highest BCUT2D eigenvalue weighted by Crippen LogP contribution is 2.08. The quantitative estimate of drug-likeness (QED) is 0.498. The average Bonchev–Trinajstić information content (AvgIpc) is 2.03. The molecule has 1 nitrogen and oxygen atoms in total. The summed E-state index contributed by atoms with van der Waals surface area (Å²) in [5.41, 5.74) is 0.689. The summed E-state index contributed by atoms with van der Waals surface area (Å²) in [5, 5.41) is 9.73. The molecule has 0 aliphatic rings. The van der Waals surface area contributed by atoms with Gasteiger partial charge in [-0.2, -0.15) is 16.3 Å². The Kier molecular flexibility index (Phi) is 2.56. The van der Waals surface area contributed by atoms with E-state index < -0.39 is 7.38 Å². The second-order valence-corrected chi connectivity index (χ2v) is 9.52. The van der Waals surface area contributed by atoms with Gasteiger partial charge in [-0.25, -0.2) is 0 Å². The van der Waals surface area contributed by atoms with Gasteiger partial charge < -0.3 is 0 Å². The largest absolute Gasteiger partial charge is 0.192 e. The molecule has 62 valence electrons. The van der Waals surface area contributed by atoms with E-state index in [1.807, 2.05) is 24.3 Å². The minimum absolute atomic E-state index is 0.689. The molecule has 0 atom stereocenters. The highest BCUT2D eigenvalue weighted by atomic mass is 35.6. The topological polar surface area (TPSA) is 23.8 Å². The summed E-state index contributed by atoms with van der Waals surface area (Å²) in [5.74, 6) is 0. The van der Waals surface area contributed by atoms with Crippen molar-refractivity contribution in [2.45, 2.75) is 13.1 Å². The number of hydrogen-bond acceptors (Lipinski definition) is 1. The molecule has 0 radical (unpaired) electrons. The summed E-state index contributed by atoms with van der Waals surface area (Å²) >= 11 is 6.21. The summed E-state index contributed by atoms with van der Waals surface area (Å²) in [6.07, 6.45) is 0. The monoisotopic (exact) mass is 195 g/mol. The van der Waals surface area contributed by atoms with Gasteiger partial charge in [0.15, 0.2) is 7.38 Å². The number of rotatable bonds is 1. The fourth-order valence-corrected chi connectivity index (χ4v) is 2.28. The molecule has 0 heterocycles. The fourth-order valence-electron chi connectivity index (χ4n) is 0.941. The third-order valence-electron chi connectivity index (χ3n) is 1.70. The molecule has 0 saturated heterocycles. The van der Waals surface area contributed by atoms with Gasteiger partial charge >= 0.3 is 0 Å². The maximum atomic E-state index is 8.56. The lowest BCUT2D eigenvalue weighted by Crippen LogP contribution is -2.34. The lowest BCUT2D eigenvalue weighted by atomic mass is 10.2. The number of benzene rings is 1. The highest BCUT2D eigenvalue weighted by molar-refractivity contribution is 7.26. The van der Waals surface area contributed by atoms with Gasteiger partial charge in [-0.1, -0.05) is 25.2 Å². The maximum absolute atomic E-state index is 8.56. The van der Waals surface area contributed by atoms with E-state index in [1.54, 1.807) is 0 Å². The minimum atomic E-state index is -1.71. The summed E-state index contributed by atoms with van der Waals surface area (Å²) in [6.45, 7) is 4.13.